The van der Waals surface area contributed by atoms with Gasteiger partial charge < -0.3 is 14.8 Å². The van der Waals surface area contributed by atoms with Gasteiger partial charge in [0.15, 0.2) is 11.5 Å². The summed E-state index contributed by atoms with van der Waals surface area (Å²) in [6.07, 6.45) is 2.68. The van der Waals surface area contributed by atoms with E-state index in [9.17, 15) is 0 Å². The van der Waals surface area contributed by atoms with Gasteiger partial charge in [0.2, 0.25) is 11.8 Å². The van der Waals surface area contributed by atoms with Crippen molar-refractivity contribution in [3.05, 3.63) is 36.0 Å². The molecule has 0 fully saturated rings. The molecule has 106 valence electrons. The molecule has 0 saturated carbocycles. The Hall–Kier alpha value is -2.30. The SMILES string of the molecule is CCCOc1ccccc1Oc1nc(NC)ncc1C. The molecule has 20 heavy (non-hydrogen) atoms. The molecule has 1 aromatic carbocycles. The lowest BCUT2D eigenvalue weighted by atomic mass is 10.3. The van der Waals surface area contributed by atoms with Crippen LogP contribution in [0.25, 0.3) is 0 Å². The minimum atomic E-state index is 0.525. The van der Waals surface area contributed by atoms with Crippen molar-refractivity contribution in [2.75, 3.05) is 19.0 Å². The largest absolute Gasteiger partial charge is 0.490 e. The zero-order chi connectivity index (χ0) is 14.4. The number of aromatic nitrogens is 2. The quantitative estimate of drug-likeness (QED) is 0.874. The zero-order valence-corrected chi connectivity index (χ0v) is 12.0. The zero-order valence-electron chi connectivity index (χ0n) is 12.0. The van der Waals surface area contributed by atoms with E-state index in [-0.39, 0.29) is 0 Å². The van der Waals surface area contributed by atoms with Gasteiger partial charge in [0.05, 0.1) is 6.61 Å². The minimum Gasteiger partial charge on any atom is -0.490 e. The third-order valence-electron chi connectivity index (χ3n) is 2.67. The summed E-state index contributed by atoms with van der Waals surface area (Å²) in [5.41, 5.74) is 0.870. The molecule has 5 nitrogen and oxygen atoms in total. The number of rotatable bonds is 6. The van der Waals surface area contributed by atoms with Crippen LogP contribution in [0.2, 0.25) is 0 Å². The number of anilines is 1. The number of hydrogen-bond acceptors (Lipinski definition) is 5. The fourth-order valence-electron chi connectivity index (χ4n) is 1.62. The monoisotopic (exact) mass is 273 g/mol. The highest BCUT2D eigenvalue weighted by Crippen LogP contribution is 2.31. The highest BCUT2D eigenvalue weighted by atomic mass is 16.5. The molecule has 0 bridgehead atoms. The Balaban J connectivity index is 2.25. The van der Waals surface area contributed by atoms with Crippen molar-refractivity contribution in [2.24, 2.45) is 0 Å². The number of benzene rings is 1. The first-order chi connectivity index (χ1) is 9.74. The molecule has 1 aromatic heterocycles. The Bertz CT molecular complexity index is 573. The second-order valence-electron chi connectivity index (χ2n) is 4.33. The first-order valence-corrected chi connectivity index (χ1v) is 6.65. The van der Waals surface area contributed by atoms with Gasteiger partial charge in [-0.25, -0.2) is 4.98 Å². The summed E-state index contributed by atoms with van der Waals surface area (Å²) in [7, 11) is 1.77. The molecule has 0 aliphatic rings. The van der Waals surface area contributed by atoms with Crippen molar-refractivity contribution < 1.29 is 9.47 Å². The van der Waals surface area contributed by atoms with E-state index >= 15 is 0 Å². The third kappa shape index (κ3) is 3.38. The summed E-state index contributed by atoms with van der Waals surface area (Å²) in [5, 5.41) is 2.90. The van der Waals surface area contributed by atoms with Crippen molar-refractivity contribution in [3.63, 3.8) is 0 Å². The van der Waals surface area contributed by atoms with E-state index in [4.69, 9.17) is 9.47 Å². The van der Waals surface area contributed by atoms with Gasteiger partial charge in [-0.3, -0.25) is 0 Å². The van der Waals surface area contributed by atoms with Gasteiger partial charge in [0.25, 0.3) is 0 Å². The van der Waals surface area contributed by atoms with Gasteiger partial charge in [-0.05, 0) is 25.5 Å². The maximum Gasteiger partial charge on any atom is 0.227 e. The predicted molar refractivity (Wildman–Crippen MR) is 78.6 cm³/mol. The fraction of sp³-hybridized carbons (Fsp3) is 0.333. The van der Waals surface area contributed by atoms with Gasteiger partial charge >= 0.3 is 0 Å². The van der Waals surface area contributed by atoms with Crippen molar-refractivity contribution in [2.45, 2.75) is 20.3 Å². The third-order valence-corrected chi connectivity index (χ3v) is 2.67. The van der Waals surface area contributed by atoms with E-state index < -0.39 is 0 Å². The van der Waals surface area contributed by atoms with Crippen LogP contribution in [0.5, 0.6) is 17.4 Å². The van der Waals surface area contributed by atoms with E-state index in [1.54, 1.807) is 13.2 Å². The summed E-state index contributed by atoms with van der Waals surface area (Å²) in [6, 6.07) is 7.58. The van der Waals surface area contributed by atoms with E-state index in [0.717, 1.165) is 17.7 Å². The van der Waals surface area contributed by atoms with Crippen LogP contribution in [-0.2, 0) is 0 Å². The number of ether oxygens (including phenoxy) is 2. The number of para-hydroxylation sites is 2. The Labute approximate surface area is 119 Å². The molecule has 0 aliphatic carbocycles. The summed E-state index contributed by atoms with van der Waals surface area (Å²) in [4.78, 5) is 8.45. The minimum absolute atomic E-state index is 0.525. The summed E-state index contributed by atoms with van der Waals surface area (Å²) >= 11 is 0. The normalized spacial score (nSPS) is 10.2. The molecule has 0 radical (unpaired) electrons. The van der Waals surface area contributed by atoms with Crippen molar-refractivity contribution in [1.82, 2.24) is 9.97 Å². The lowest BCUT2D eigenvalue weighted by Gasteiger charge is -2.12. The lowest BCUT2D eigenvalue weighted by molar-refractivity contribution is 0.300. The maximum atomic E-state index is 5.86. The van der Waals surface area contributed by atoms with Crippen LogP contribution < -0.4 is 14.8 Å². The molecule has 1 heterocycles. The number of nitrogens with zero attached hydrogens (tertiary/aromatic N) is 2. The van der Waals surface area contributed by atoms with Crippen LogP contribution in [-0.4, -0.2) is 23.6 Å². The van der Waals surface area contributed by atoms with Crippen molar-refractivity contribution in [1.29, 1.82) is 0 Å². The Morgan fingerprint density at radius 2 is 1.95 bits per heavy atom. The van der Waals surface area contributed by atoms with Crippen LogP contribution in [0.4, 0.5) is 5.95 Å². The average molecular weight is 273 g/mol. The van der Waals surface area contributed by atoms with Gasteiger partial charge in [-0.1, -0.05) is 19.1 Å². The molecule has 0 spiro atoms. The Morgan fingerprint density at radius 3 is 2.65 bits per heavy atom. The van der Waals surface area contributed by atoms with Crippen LogP contribution in [0.15, 0.2) is 30.5 Å². The van der Waals surface area contributed by atoms with Gasteiger partial charge in [-0.2, -0.15) is 4.98 Å². The molecule has 0 atom stereocenters. The number of hydrogen-bond donors (Lipinski definition) is 1. The molecule has 2 rings (SSSR count). The fourth-order valence-corrected chi connectivity index (χ4v) is 1.62. The Kier molecular flexibility index (Phi) is 4.76. The molecule has 5 heteroatoms. The lowest BCUT2D eigenvalue weighted by Crippen LogP contribution is -2.01. The van der Waals surface area contributed by atoms with Crippen LogP contribution in [0.1, 0.15) is 18.9 Å². The highest BCUT2D eigenvalue weighted by Gasteiger charge is 2.09. The van der Waals surface area contributed by atoms with E-state index in [1.165, 1.54) is 0 Å². The van der Waals surface area contributed by atoms with Gasteiger partial charge in [0, 0.05) is 18.8 Å². The van der Waals surface area contributed by atoms with E-state index in [1.807, 2.05) is 31.2 Å². The highest BCUT2D eigenvalue weighted by molar-refractivity contribution is 5.43. The second kappa shape index (κ2) is 6.75. The summed E-state index contributed by atoms with van der Waals surface area (Å²) in [5.74, 6) is 2.43. The topological polar surface area (TPSA) is 56.3 Å². The predicted octanol–water partition coefficient (Wildman–Crippen LogP) is 3.41. The molecule has 0 saturated heterocycles. The first kappa shape index (κ1) is 14.1. The first-order valence-electron chi connectivity index (χ1n) is 6.65. The summed E-state index contributed by atoms with van der Waals surface area (Å²) in [6.45, 7) is 4.63. The van der Waals surface area contributed by atoms with Crippen LogP contribution in [0, 0.1) is 6.92 Å². The van der Waals surface area contributed by atoms with E-state index in [2.05, 4.69) is 22.2 Å². The van der Waals surface area contributed by atoms with E-state index in [0.29, 0.717) is 24.2 Å². The average Bonchev–Trinajstić information content (AvgIpc) is 2.48. The number of aryl methyl sites for hydroxylation is 1. The molecule has 1 N–H and O–H groups in total. The van der Waals surface area contributed by atoms with Crippen LogP contribution in [0.3, 0.4) is 0 Å². The molecule has 0 unspecified atom stereocenters. The molecule has 2 aromatic rings. The molecular formula is C15H19N3O2. The molecule has 0 amide bonds. The molecular weight excluding hydrogens is 254 g/mol. The summed E-state index contributed by atoms with van der Waals surface area (Å²) < 4.78 is 11.5. The smallest absolute Gasteiger partial charge is 0.227 e. The van der Waals surface area contributed by atoms with Gasteiger partial charge in [-0.15, -0.1) is 0 Å². The standard InChI is InChI=1S/C15H19N3O2/c1-4-9-19-12-7-5-6-8-13(12)20-14-11(2)10-17-15(16-3)18-14/h5-8,10H,4,9H2,1-3H3,(H,16,17,18). The van der Waals surface area contributed by atoms with Gasteiger partial charge in [0.1, 0.15) is 0 Å². The molecule has 0 aliphatic heterocycles. The maximum absolute atomic E-state index is 5.86. The second-order valence-corrected chi connectivity index (χ2v) is 4.33. The van der Waals surface area contributed by atoms with Crippen molar-refractivity contribution >= 4 is 5.95 Å². The van der Waals surface area contributed by atoms with Crippen LogP contribution >= 0.6 is 0 Å². The van der Waals surface area contributed by atoms with Crippen molar-refractivity contribution in [3.8, 4) is 17.4 Å². The Morgan fingerprint density at radius 1 is 1.20 bits per heavy atom. The number of nitrogens with one attached hydrogen (secondary N) is 1.